The van der Waals surface area contributed by atoms with Crippen molar-refractivity contribution in [3.63, 3.8) is 0 Å². The Hall–Kier alpha value is -3.26. The summed E-state index contributed by atoms with van der Waals surface area (Å²) >= 11 is 0. The van der Waals surface area contributed by atoms with Crippen molar-refractivity contribution >= 4 is 18.0 Å². The van der Waals surface area contributed by atoms with Crippen molar-refractivity contribution in [1.82, 2.24) is 9.80 Å². The van der Waals surface area contributed by atoms with Crippen molar-refractivity contribution in [3.05, 3.63) is 47.4 Å². The summed E-state index contributed by atoms with van der Waals surface area (Å²) in [5.41, 5.74) is 2.52. The summed E-state index contributed by atoms with van der Waals surface area (Å²) in [6.45, 7) is 3.49. The van der Waals surface area contributed by atoms with Crippen LogP contribution in [-0.4, -0.2) is 65.1 Å². The van der Waals surface area contributed by atoms with Crippen LogP contribution >= 0.6 is 0 Å². The molecule has 2 saturated carbocycles. The first kappa shape index (κ1) is 23.8. The Kier molecular flexibility index (Phi) is 5.41. The minimum Gasteiger partial charge on any atom is -0.504 e. The van der Waals surface area contributed by atoms with Gasteiger partial charge in [-0.15, -0.1) is 0 Å². The first-order valence-electron chi connectivity index (χ1n) is 13.8. The number of phenolic OH excluding ortho intramolecular Hbond substituents is 1. The van der Waals surface area contributed by atoms with E-state index in [0.29, 0.717) is 23.5 Å². The van der Waals surface area contributed by atoms with Crippen LogP contribution in [0.4, 0.5) is 0 Å². The molecule has 3 fully saturated rings. The van der Waals surface area contributed by atoms with Gasteiger partial charge in [-0.05, 0) is 69.0 Å². The van der Waals surface area contributed by atoms with Crippen molar-refractivity contribution in [2.45, 2.75) is 69.1 Å². The van der Waals surface area contributed by atoms with Gasteiger partial charge in [0.1, 0.15) is 11.9 Å². The van der Waals surface area contributed by atoms with E-state index in [4.69, 9.17) is 13.9 Å². The van der Waals surface area contributed by atoms with E-state index < -0.39 is 5.97 Å². The average molecular weight is 519 g/mol. The Bertz CT molecular complexity index is 1310. The molecule has 2 aliphatic heterocycles. The quantitative estimate of drug-likeness (QED) is 0.352. The van der Waals surface area contributed by atoms with Crippen LogP contribution < -0.4 is 9.47 Å². The van der Waals surface area contributed by atoms with Gasteiger partial charge < -0.3 is 23.9 Å². The highest BCUT2D eigenvalue weighted by Gasteiger charge is 2.67. The Morgan fingerprint density at radius 2 is 2.13 bits per heavy atom. The van der Waals surface area contributed by atoms with Crippen LogP contribution in [-0.2, 0) is 21.4 Å². The number of hydrogen-bond donors (Lipinski definition) is 1. The minimum atomic E-state index is -0.396. The number of carbonyl (C=O) groups is 2. The van der Waals surface area contributed by atoms with Gasteiger partial charge in [0.25, 0.3) is 0 Å². The molecule has 0 radical (unpaired) electrons. The number of benzene rings is 1. The van der Waals surface area contributed by atoms with Gasteiger partial charge in [0, 0.05) is 60.8 Å². The number of nitrogens with zero attached hydrogens (tertiary/aromatic N) is 2. The lowest BCUT2D eigenvalue weighted by atomic mass is 9.50. The molecular formula is C30H34N2O6. The SMILES string of the molecule is CC(=O)Oc1cc(O)c2c3c1C[C@@H]1[C@@H]4CC[C@@H](N(C)C(=O)/C=C/c5ccoc5)[C@H](O2)[C@]34CCN1CC1CC1. The van der Waals surface area contributed by atoms with E-state index in [-0.39, 0.29) is 29.2 Å². The molecule has 1 spiro atoms. The highest BCUT2D eigenvalue weighted by Crippen LogP contribution is 2.65. The predicted molar refractivity (Wildman–Crippen MR) is 139 cm³/mol. The normalized spacial score (nSPS) is 31.1. The fourth-order valence-electron chi connectivity index (χ4n) is 7.97. The first-order valence-corrected chi connectivity index (χ1v) is 13.8. The Morgan fingerprint density at radius 1 is 1.29 bits per heavy atom. The molecule has 5 aliphatic rings. The molecule has 8 heteroatoms. The van der Waals surface area contributed by atoms with Crippen molar-refractivity contribution in [2.24, 2.45) is 11.8 Å². The van der Waals surface area contributed by atoms with Crippen LogP contribution in [0.3, 0.4) is 0 Å². The molecule has 8 nitrogen and oxygen atoms in total. The maximum atomic E-state index is 13.3. The fraction of sp³-hybridized carbons (Fsp3) is 0.533. The molecule has 1 aromatic heterocycles. The monoisotopic (exact) mass is 518 g/mol. The second kappa shape index (κ2) is 8.63. The molecule has 7 rings (SSSR count). The molecule has 5 atom stereocenters. The van der Waals surface area contributed by atoms with Gasteiger partial charge in [-0.3, -0.25) is 14.5 Å². The molecule has 1 saturated heterocycles. The number of likely N-dealkylation sites (N-methyl/N-ethyl adjacent to an activating group) is 1. The van der Waals surface area contributed by atoms with Gasteiger partial charge in [0.2, 0.25) is 5.91 Å². The number of amides is 1. The lowest BCUT2D eigenvalue weighted by Gasteiger charge is -2.60. The maximum absolute atomic E-state index is 13.3. The topological polar surface area (TPSA) is 92.5 Å². The molecule has 1 amide bonds. The van der Waals surface area contributed by atoms with Gasteiger partial charge in [0.15, 0.2) is 11.5 Å². The molecule has 3 heterocycles. The van der Waals surface area contributed by atoms with E-state index in [1.807, 2.05) is 18.0 Å². The van der Waals surface area contributed by atoms with Crippen LogP contribution in [0.1, 0.15) is 55.7 Å². The van der Waals surface area contributed by atoms with E-state index in [0.717, 1.165) is 61.4 Å². The third-order valence-corrected chi connectivity index (χ3v) is 9.74. The standard InChI is InChI=1S/C30H34N2O6/c1-17(33)37-25-14-24(34)28-27-20(25)13-23-21-6-7-22(31(2)26(35)8-5-19-9-12-36-16-19)29(38-28)30(21,27)10-11-32(23)15-18-3-4-18/h5,8-9,12,14,16,18,21-23,29,34H,3-4,6-7,10-11,13,15H2,1-2H3/b8-5+/t21-,22+,23+,29-,30-/m0/s1. The number of furan rings is 1. The third kappa shape index (κ3) is 3.52. The maximum Gasteiger partial charge on any atom is 0.308 e. The van der Waals surface area contributed by atoms with E-state index in [2.05, 4.69) is 4.90 Å². The van der Waals surface area contributed by atoms with Gasteiger partial charge >= 0.3 is 5.97 Å². The molecule has 38 heavy (non-hydrogen) atoms. The van der Waals surface area contributed by atoms with Crippen molar-refractivity contribution in [2.75, 3.05) is 20.1 Å². The van der Waals surface area contributed by atoms with Crippen LogP contribution in [0.2, 0.25) is 0 Å². The number of piperidine rings is 1. The summed E-state index contributed by atoms with van der Waals surface area (Å²) in [6.07, 6.45) is 12.4. The summed E-state index contributed by atoms with van der Waals surface area (Å²) in [4.78, 5) is 29.8. The number of esters is 1. The van der Waals surface area contributed by atoms with Crippen molar-refractivity contribution in [1.29, 1.82) is 0 Å². The van der Waals surface area contributed by atoms with Gasteiger partial charge in [0.05, 0.1) is 18.6 Å². The summed E-state index contributed by atoms with van der Waals surface area (Å²) < 4.78 is 17.5. The molecule has 1 N–H and O–H groups in total. The summed E-state index contributed by atoms with van der Waals surface area (Å²) in [5.74, 6) is 1.63. The second-order valence-corrected chi connectivity index (χ2v) is 11.8. The van der Waals surface area contributed by atoms with Crippen molar-refractivity contribution in [3.8, 4) is 17.2 Å². The molecular weight excluding hydrogens is 484 g/mol. The molecule has 200 valence electrons. The Morgan fingerprint density at radius 3 is 2.87 bits per heavy atom. The highest BCUT2D eigenvalue weighted by atomic mass is 16.5. The lowest BCUT2D eigenvalue weighted by Crippen LogP contribution is -2.69. The number of aromatic hydroxyl groups is 1. The predicted octanol–water partition coefficient (Wildman–Crippen LogP) is 3.90. The van der Waals surface area contributed by atoms with Gasteiger partial charge in [-0.1, -0.05) is 0 Å². The smallest absolute Gasteiger partial charge is 0.308 e. The van der Waals surface area contributed by atoms with Crippen LogP contribution in [0, 0.1) is 11.8 Å². The zero-order valence-electron chi connectivity index (χ0n) is 21.9. The van der Waals surface area contributed by atoms with E-state index in [1.165, 1.54) is 19.8 Å². The van der Waals surface area contributed by atoms with Crippen LogP contribution in [0.5, 0.6) is 17.2 Å². The molecule has 2 aromatic rings. The van der Waals surface area contributed by atoms with Crippen LogP contribution in [0.25, 0.3) is 6.08 Å². The van der Waals surface area contributed by atoms with Crippen molar-refractivity contribution < 1.29 is 28.6 Å². The number of likely N-dealkylation sites (tertiary alicyclic amines) is 1. The number of ether oxygens (including phenoxy) is 2. The summed E-state index contributed by atoms with van der Waals surface area (Å²) in [6, 6.07) is 3.55. The highest BCUT2D eigenvalue weighted by molar-refractivity contribution is 5.92. The molecule has 2 bridgehead atoms. The summed E-state index contributed by atoms with van der Waals surface area (Å²) in [5, 5.41) is 11.1. The fourth-order valence-corrected chi connectivity index (χ4v) is 7.97. The minimum absolute atomic E-state index is 0.00830. The van der Waals surface area contributed by atoms with Gasteiger partial charge in [-0.25, -0.2) is 0 Å². The first-order chi connectivity index (χ1) is 18.4. The number of carbonyl (C=O) groups excluding carboxylic acids is 2. The van der Waals surface area contributed by atoms with Gasteiger partial charge in [-0.2, -0.15) is 0 Å². The number of phenols is 1. The molecule has 3 aliphatic carbocycles. The lowest BCUT2D eigenvalue weighted by molar-refractivity contribution is -0.135. The Labute approximate surface area is 222 Å². The van der Waals surface area contributed by atoms with Crippen LogP contribution in [0.15, 0.2) is 35.2 Å². The van der Waals surface area contributed by atoms with E-state index in [9.17, 15) is 14.7 Å². The zero-order valence-corrected chi connectivity index (χ0v) is 21.9. The average Bonchev–Trinajstić information content (AvgIpc) is 3.41. The molecule has 0 unspecified atom stereocenters. The second-order valence-electron chi connectivity index (χ2n) is 11.8. The Balaban J connectivity index is 1.29. The summed E-state index contributed by atoms with van der Waals surface area (Å²) in [7, 11) is 1.85. The molecule has 1 aromatic carbocycles. The zero-order chi connectivity index (χ0) is 26.2. The van der Waals surface area contributed by atoms with E-state index >= 15 is 0 Å². The van der Waals surface area contributed by atoms with E-state index in [1.54, 1.807) is 30.7 Å². The third-order valence-electron chi connectivity index (χ3n) is 9.74. The number of rotatable bonds is 6. The largest absolute Gasteiger partial charge is 0.504 e. The number of hydrogen-bond acceptors (Lipinski definition) is 7.